The third kappa shape index (κ3) is 4.55. The number of hydrogen-bond donors (Lipinski definition) is 1. The third-order valence-corrected chi connectivity index (χ3v) is 2.72. The minimum Gasteiger partial charge on any atom is -0.444 e. The van der Waals surface area contributed by atoms with Crippen LogP contribution in [0, 0.1) is 0 Å². The highest BCUT2D eigenvalue weighted by molar-refractivity contribution is 5.68. The summed E-state index contributed by atoms with van der Waals surface area (Å²) in [6, 6.07) is -2.48. The number of alkyl halides is 2. The summed E-state index contributed by atoms with van der Waals surface area (Å²) in [6.07, 6.45) is -0.703. The first-order valence-corrected chi connectivity index (χ1v) is 6.07. The van der Waals surface area contributed by atoms with Crippen molar-refractivity contribution in [2.75, 3.05) is 0 Å². The van der Waals surface area contributed by atoms with Gasteiger partial charge < -0.3 is 10.1 Å². The minimum atomic E-state index is -3.10. The Kier molecular flexibility index (Phi) is 4.57. The highest BCUT2D eigenvalue weighted by Crippen LogP contribution is 2.35. The van der Waals surface area contributed by atoms with Gasteiger partial charge in [-0.1, -0.05) is 5.11 Å². The molecule has 1 N–H and O–H groups in total. The van der Waals surface area contributed by atoms with Crippen LogP contribution in [-0.4, -0.2) is 29.7 Å². The molecule has 1 aliphatic rings. The largest absolute Gasteiger partial charge is 0.444 e. The molecule has 2 atom stereocenters. The van der Waals surface area contributed by atoms with Gasteiger partial charge in [-0.25, -0.2) is 13.6 Å². The number of nitrogens with one attached hydrogen (secondary N) is 1. The second-order valence-electron chi connectivity index (χ2n) is 5.55. The van der Waals surface area contributed by atoms with Crippen LogP contribution in [0.5, 0.6) is 0 Å². The van der Waals surface area contributed by atoms with E-state index in [-0.39, 0.29) is 12.8 Å². The molecule has 19 heavy (non-hydrogen) atoms. The summed E-state index contributed by atoms with van der Waals surface area (Å²) >= 11 is 0. The first-order chi connectivity index (χ1) is 8.65. The predicted octanol–water partition coefficient (Wildman–Crippen LogP) is 3.38. The van der Waals surface area contributed by atoms with E-state index in [0.29, 0.717) is 6.42 Å². The molecule has 0 bridgehead atoms. The lowest BCUT2D eigenvalue weighted by molar-refractivity contribution is -0.0715. The molecule has 0 spiro atoms. The number of alkyl carbamates (subject to hydrolysis) is 1. The van der Waals surface area contributed by atoms with Crippen LogP contribution in [0.25, 0.3) is 10.4 Å². The lowest BCUT2D eigenvalue weighted by atomic mass is 9.87. The van der Waals surface area contributed by atoms with Crippen molar-refractivity contribution in [2.45, 2.75) is 63.6 Å². The molecule has 0 radical (unpaired) electrons. The molecular weight excluding hydrogens is 258 g/mol. The maximum absolute atomic E-state index is 13.8. The summed E-state index contributed by atoms with van der Waals surface area (Å²) in [7, 11) is 0. The summed E-state index contributed by atoms with van der Waals surface area (Å²) < 4.78 is 32.5. The van der Waals surface area contributed by atoms with Crippen molar-refractivity contribution in [1.82, 2.24) is 5.32 Å². The van der Waals surface area contributed by atoms with Crippen molar-refractivity contribution in [2.24, 2.45) is 5.11 Å². The molecule has 1 aliphatic carbocycles. The van der Waals surface area contributed by atoms with Crippen molar-refractivity contribution >= 4 is 6.09 Å². The lowest BCUT2D eigenvalue weighted by Gasteiger charge is -2.36. The molecule has 0 saturated heterocycles. The van der Waals surface area contributed by atoms with E-state index in [0.717, 1.165) is 0 Å². The second-order valence-corrected chi connectivity index (χ2v) is 5.55. The summed E-state index contributed by atoms with van der Waals surface area (Å²) in [6.45, 7) is 4.91. The van der Waals surface area contributed by atoms with Gasteiger partial charge in [0.25, 0.3) is 5.92 Å². The van der Waals surface area contributed by atoms with E-state index in [2.05, 4.69) is 15.3 Å². The molecule has 6 nitrogen and oxygen atoms in total. The second kappa shape index (κ2) is 5.61. The molecule has 0 aromatic carbocycles. The zero-order valence-corrected chi connectivity index (χ0v) is 11.2. The Morgan fingerprint density at radius 3 is 2.68 bits per heavy atom. The summed E-state index contributed by atoms with van der Waals surface area (Å²) in [4.78, 5) is 14.1. The standard InChI is InChI=1S/C11H18F2N4O2/c1-10(2,3)19-9(18)15-8-7(16-17-14)5-4-6-11(8,12)13/h7-8H,4-6H2,1-3H3,(H,15,18)/t7-,8+/m0/s1. The first kappa shape index (κ1) is 15.5. The van der Waals surface area contributed by atoms with Gasteiger partial charge in [-0.2, -0.15) is 0 Å². The van der Waals surface area contributed by atoms with E-state index in [1.165, 1.54) is 0 Å². The number of nitrogens with zero attached hydrogens (tertiary/aromatic N) is 3. The normalized spacial score (nSPS) is 26.2. The number of ether oxygens (including phenoxy) is 1. The third-order valence-electron chi connectivity index (χ3n) is 2.72. The molecule has 108 valence electrons. The number of amides is 1. The monoisotopic (exact) mass is 276 g/mol. The molecule has 0 aromatic heterocycles. The fourth-order valence-corrected chi connectivity index (χ4v) is 1.98. The van der Waals surface area contributed by atoms with Crippen LogP contribution in [-0.2, 0) is 4.74 Å². The Bertz CT molecular complexity index is 389. The van der Waals surface area contributed by atoms with Gasteiger partial charge in [0.2, 0.25) is 0 Å². The van der Waals surface area contributed by atoms with Crippen molar-refractivity contribution in [1.29, 1.82) is 0 Å². The molecule has 8 heteroatoms. The van der Waals surface area contributed by atoms with Crippen molar-refractivity contribution < 1.29 is 18.3 Å². The summed E-state index contributed by atoms with van der Waals surface area (Å²) in [5.41, 5.74) is 7.62. The molecule has 1 saturated carbocycles. The molecule has 0 aromatic rings. The van der Waals surface area contributed by atoms with Gasteiger partial charge in [-0.15, -0.1) is 0 Å². The Labute approximate surface area is 110 Å². The Balaban J connectivity index is 2.79. The van der Waals surface area contributed by atoms with Crippen LogP contribution in [0.15, 0.2) is 5.11 Å². The van der Waals surface area contributed by atoms with Crippen LogP contribution in [0.2, 0.25) is 0 Å². The number of carbonyl (C=O) groups excluding carboxylic acids is 1. The smallest absolute Gasteiger partial charge is 0.408 e. The molecule has 1 rings (SSSR count). The van der Waals surface area contributed by atoms with Gasteiger partial charge in [0.05, 0.1) is 6.04 Å². The van der Waals surface area contributed by atoms with E-state index in [9.17, 15) is 13.6 Å². The first-order valence-electron chi connectivity index (χ1n) is 6.07. The highest BCUT2D eigenvalue weighted by Gasteiger charge is 2.48. The van der Waals surface area contributed by atoms with E-state index in [1.54, 1.807) is 20.8 Å². The topological polar surface area (TPSA) is 87.1 Å². The average molecular weight is 276 g/mol. The van der Waals surface area contributed by atoms with Crippen LogP contribution in [0.4, 0.5) is 13.6 Å². The molecule has 1 amide bonds. The maximum Gasteiger partial charge on any atom is 0.408 e. The van der Waals surface area contributed by atoms with Gasteiger partial charge in [-0.05, 0) is 39.1 Å². The fraction of sp³-hybridized carbons (Fsp3) is 0.909. The average Bonchev–Trinajstić information content (AvgIpc) is 2.20. The van der Waals surface area contributed by atoms with E-state index in [4.69, 9.17) is 10.3 Å². The Morgan fingerprint density at radius 2 is 2.16 bits per heavy atom. The van der Waals surface area contributed by atoms with Crippen molar-refractivity contribution in [3.8, 4) is 0 Å². The van der Waals surface area contributed by atoms with E-state index < -0.39 is 29.7 Å². The zero-order valence-electron chi connectivity index (χ0n) is 11.2. The molecule has 1 fully saturated rings. The number of azide groups is 1. The number of halogens is 2. The summed E-state index contributed by atoms with van der Waals surface area (Å²) in [5, 5.41) is 5.47. The lowest BCUT2D eigenvalue weighted by Crippen LogP contribution is -2.56. The van der Waals surface area contributed by atoms with Crippen molar-refractivity contribution in [3.05, 3.63) is 10.4 Å². The Morgan fingerprint density at radius 1 is 1.53 bits per heavy atom. The molecule has 0 heterocycles. The van der Waals surface area contributed by atoms with Gasteiger partial charge >= 0.3 is 6.09 Å². The number of rotatable bonds is 2. The quantitative estimate of drug-likeness (QED) is 0.476. The van der Waals surface area contributed by atoms with Gasteiger partial charge in [0, 0.05) is 11.3 Å². The fourth-order valence-electron chi connectivity index (χ4n) is 1.98. The molecule has 0 unspecified atom stereocenters. The van der Waals surface area contributed by atoms with Crippen LogP contribution in [0.1, 0.15) is 40.0 Å². The zero-order chi connectivity index (χ0) is 14.7. The SMILES string of the molecule is CC(C)(C)OC(=O)N[C@@H]1[C@@H](N=[N+]=[N-])CCCC1(F)F. The highest BCUT2D eigenvalue weighted by atomic mass is 19.3. The Hall–Kier alpha value is -1.56. The van der Waals surface area contributed by atoms with Crippen LogP contribution < -0.4 is 5.32 Å². The van der Waals surface area contributed by atoms with E-state index in [1.807, 2.05) is 0 Å². The minimum absolute atomic E-state index is 0.253. The molecule has 0 aliphatic heterocycles. The van der Waals surface area contributed by atoms with Gasteiger partial charge in [0.1, 0.15) is 11.6 Å². The van der Waals surface area contributed by atoms with Crippen LogP contribution in [0.3, 0.4) is 0 Å². The van der Waals surface area contributed by atoms with Crippen LogP contribution >= 0.6 is 0 Å². The predicted molar refractivity (Wildman–Crippen MR) is 64.9 cm³/mol. The number of hydrogen-bond acceptors (Lipinski definition) is 3. The maximum atomic E-state index is 13.8. The van der Waals surface area contributed by atoms with Crippen molar-refractivity contribution in [3.63, 3.8) is 0 Å². The number of carbonyl (C=O) groups is 1. The van der Waals surface area contributed by atoms with E-state index >= 15 is 0 Å². The summed E-state index contributed by atoms with van der Waals surface area (Å²) in [5.74, 6) is -3.10. The van der Waals surface area contributed by atoms with Gasteiger partial charge in [-0.3, -0.25) is 0 Å². The van der Waals surface area contributed by atoms with Gasteiger partial charge in [0.15, 0.2) is 0 Å². The molecular formula is C11H18F2N4O2.